The van der Waals surface area contributed by atoms with Crippen LogP contribution in [0.5, 0.6) is 0 Å². The van der Waals surface area contributed by atoms with E-state index < -0.39 is 0 Å². The molecule has 0 aromatic heterocycles. The van der Waals surface area contributed by atoms with Crippen molar-refractivity contribution >= 4 is 15.9 Å². The van der Waals surface area contributed by atoms with Crippen LogP contribution in [0.4, 0.5) is 0 Å². The minimum absolute atomic E-state index is 0.636. The summed E-state index contributed by atoms with van der Waals surface area (Å²) in [5, 5.41) is 1.12. The molecule has 0 radical (unpaired) electrons. The number of halogens is 1. The number of benzene rings is 1. The lowest BCUT2D eigenvalue weighted by molar-refractivity contribution is 0.534. The normalized spacial score (nSPS) is 13.1. The Labute approximate surface area is 109 Å². The van der Waals surface area contributed by atoms with Crippen LogP contribution >= 0.6 is 15.9 Å². The van der Waals surface area contributed by atoms with E-state index in [4.69, 9.17) is 0 Å². The first-order chi connectivity index (χ1) is 7.67. The van der Waals surface area contributed by atoms with Gasteiger partial charge >= 0.3 is 0 Å². The zero-order valence-electron chi connectivity index (χ0n) is 10.7. The Bertz CT molecular complexity index is 287. The standard InChI is InChI=1S/C15H23Br/c1-4-5-14(11-16)10-13-6-8-15(9-7-13)12(2)3/h6-9,12,14H,4-5,10-11H2,1-3H3. The summed E-state index contributed by atoms with van der Waals surface area (Å²) in [6, 6.07) is 9.13. The molecule has 1 aromatic rings. The predicted molar refractivity (Wildman–Crippen MR) is 76.4 cm³/mol. The number of hydrogen-bond donors (Lipinski definition) is 0. The van der Waals surface area contributed by atoms with Crippen molar-refractivity contribution in [2.75, 3.05) is 5.33 Å². The molecule has 0 saturated heterocycles. The lowest BCUT2D eigenvalue weighted by Gasteiger charge is -2.13. The summed E-state index contributed by atoms with van der Waals surface area (Å²) in [5.41, 5.74) is 2.91. The fourth-order valence-corrected chi connectivity index (χ4v) is 2.57. The molecule has 0 fully saturated rings. The van der Waals surface area contributed by atoms with Gasteiger partial charge in [-0.1, -0.05) is 67.4 Å². The summed E-state index contributed by atoms with van der Waals surface area (Å²) >= 11 is 3.61. The van der Waals surface area contributed by atoms with Gasteiger partial charge in [-0.3, -0.25) is 0 Å². The third kappa shape index (κ3) is 4.29. The summed E-state index contributed by atoms with van der Waals surface area (Å²) in [4.78, 5) is 0. The van der Waals surface area contributed by atoms with Gasteiger partial charge in [0, 0.05) is 5.33 Å². The smallest absolute Gasteiger partial charge is 0.00628 e. The van der Waals surface area contributed by atoms with Crippen LogP contribution in [-0.2, 0) is 6.42 Å². The average molecular weight is 283 g/mol. The molecule has 1 heteroatoms. The first-order valence-electron chi connectivity index (χ1n) is 6.32. The van der Waals surface area contributed by atoms with Crippen LogP contribution in [0.3, 0.4) is 0 Å². The Morgan fingerprint density at radius 2 is 1.75 bits per heavy atom. The maximum Gasteiger partial charge on any atom is 0.00628 e. The third-order valence-corrected chi connectivity index (χ3v) is 4.00. The molecule has 0 aliphatic heterocycles. The first-order valence-corrected chi connectivity index (χ1v) is 7.44. The van der Waals surface area contributed by atoms with Crippen molar-refractivity contribution in [2.24, 2.45) is 5.92 Å². The molecule has 0 nitrogen and oxygen atoms in total. The van der Waals surface area contributed by atoms with Crippen LogP contribution in [0.15, 0.2) is 24.3 Å². The molecule has 0 N–H and O–H groups in total. The molecular weight excluding hydrogens is 260 g/mol. The fourth-order valence-electron chi connectivity index (χ4n) is 2.01. The SMILES string of the molecule is CCCC(CBr)Cc1ccc(C(C)C)cc1. The third-order valence-electron chi connectivity index (χ3n) is 3.09. The van der Waals surface area contributed by atoms with Gasteiger partial charge in [-0.2, -0.15) is 0 Å². The van der Waals surface area contributed by atoms with Crippen molar-refractivity contribution in [1.29, 1.82) is 0 Å². The monoisotopic (exact) mass is 282 g/mol. The molecule has 1 aromatic carbocycles. The highest BCUT2D eigenvalue weighted by molar-refractivity contribution is 9.09. The molecular formula is C15H23Br. The molecule has 1 unspecified atom stereocenters. The molecule has 16 heavy (non-hydrogen) atoms. The quantitative estimate of drug-likeness (QED) is 0.632. The summed E-state index contributed by atoms with van der Waals surface area (Å²) in [7, 11) is 0. The summed E-state index contributed by atoms with van der Waals surface area (Å²) in [6.07, 6.45) is 3.80. The maximum atomic E-state index is 3.61. The number of rotatable bonds is 6. The number of hydrogen-bond acceptors (Lipinski definition) is 0. The van der Waals surface area contributed by atoms with Gasteiger partial charge in [0.1, 0.15) is 0 Å². The molecule has 90 valence electrons. The van der Waals surface area contributed by atoms with E-state index in [0.717, 1.165) is 11.2 Å². The second-order valence-corrected chi connectivity index (χ2v) is 5.56. The highest BCUT2D eigenvalue weighted by Gasteiger charge is 2.07. The van der Waals surface area contributed by atoms with E-state index in [1.807, 2.05) is 0 Å². The van der Waals surface area contributed by atoms with Crippen LogP contribution in [0, 0.1) is 5.92 Å². The van der Waals surface area contributed by atoms with Gasteiger partial charge in [0.25, 0.3) is 0 Å². The van der Waals surface area contributed by atoms with Crippen LogP contribution in [0.25, 0.3) is 0 Å². The summed E-state index contributed by atoms with van der Waals surface area (Å²) < 4.78 is 0. The molecule has 0 saturated carbocycles. The van der Waals surface area contributed by atoms with Gasteiger partial charge in [-0.15, -0.1) is 0 Å². The van der Waals surface area contributed by atoms with Gasteiger partial charge in [0.2, 0.25) is 0 Å². The van der Waals surface area contributed by atoms with Crippen molar-refractivity contribution in [1.82, 2.24) is 0 Å². The minimum Gasteiger partial charge on any atom is -0.0925 e. The lowest BCUT2D eigenvalue weighted by Crippen LogP contribution is -2.05. The molecule has 0 aliphatic rings. The highest BCUT2D eigenvalue weighted by Crippen LogP contribution is 2.19. The Balaban J connectivity index is 2.60. The van der Waals surface area contributed by atoms with Gasteiger partial charge in [0.15, 0.2) is 0 Å². The molecule has 0 aliphatic carbocycles. The van der Waals surface area contributed by atoms with E-state index in [1.54, 1.807) is 0 Å². The lowest BCUT2D eigenvalue weighted by atomic mass is 9.95. The zero-order valence-corrected chi connectivity index (χ0v) is 12.3. The second kappa shape index (κ2) is 7.11. The van der Waals surface area contributed by atoms with Crippen molar-refractivity contribution in [3.63, 3.8) is 0 Å². The van der Waals surface area contributed by atoms with Crippen LogP contribution in [0.2, 0.25) is 0 Å². The largest absolute Gasteiger partial charge is 0.0925 e. The Morgan fingerprint density at radius 3 is 2.19 bits per heavy atom. The molecule has 0 spiro atoms. The fraction of sp³-hybridized carbons (Fsp3) is 0.600. The maximum absolute atomic E-state index is 3.61. The Morgan fingerprint density at radius 1 is 1.12 bits per heavy atom. The van der Waals surface area contributed by atoms with Crippen LogP contribution < -0.4 is 0 Å². The molecule has 0 amide bonds. The van der Waals surface area contributed by atoms with Crippen LogP contribution in [-0.4, -0.2) is 5.33 Å². The predicted octanol–water partition coefficient (Wildman–Crippen LogP) is 5.16. The zero-order chi connectivity index (χ0) is 12.0. The topological polar surface area (TPSA) is 0 Å². The van der Waals surface area contributed by atoms with Gasteiger partial charge < -0.3 is 0 Å². The van der Waals surface area contributed by atoms with Gasteiger partial charge in [-0.05, 0) is 35.8 Å². The molecule has 1 rings (SSSR count). The average Bonchev–Trinajstić information content (AvgIpc) is 2.29. The van der Waals surface area contributed by atoms with Crippen molar-refractivity contribution in [2.45, 2.75) is 46.0 Å². The Kier molecular flexibility index (Phi) is 6.12. The second-order valence-electron chi connectivity index (χ2n) is 4.91. The van der Waals surface area contributed by atoms with Gasteiger partial charge in [-0.25, -0.2) is 0 Å². The van der Waals surface area contributed by atoms with E-state index in [2.05, 4.69) is 61.0 Å². The first kappa shape index (κ1) is 13.8. The summed E-state index contributed by atoms with van der Waals surface area (Å²) in [5.74, 6) is 1.42. The van der Waals surface area contributed by atoms with Crippen molar-refractivity contribution in [3.05, 3.63) is 35.4 Å². The molecule has 1 atom stereocenters. The van der Waals surface area contributed by atoms with E-state index in [1.165, 1.54) is 30.4 Å². The van der Waals surface area contributed by atoms with Crippen molar-refractivity contribution < 1.29 is 0 Å². The van der Waals surface area contributed by atoms with E-state index in [-0.39, 0.29) is 0 Å². The van der Waals surface area contributed by atoms with Gasteiger partial charge in [0.05, 0.1) is 0 Å². The Hall–Kier alpha value is -0.300. The molecule has 0 bridgehead atoms. The highest BCUT2D eigenvalue weighted by atomic mass is 79.9. The number of alkyl halides is 1. The summed E-state index contributed by atoms with van der Waals surface area (Å²) in [6.45, 7) is 6.75. The van der Waals surface area contributed by atoms with E-state index >= 15 is 0 Å². The van der Waals surface area contributed by atoms with Crippen molar-refractivity contribution in [3.8, 4) is 0 Å². The van der Waals surface area contributed by atoms with Crippen LogP contribution in [0.1, 0.15) is 50.7 Å². The molecule has 0 heterocycles. The van der Waals surface area contributed by atoms with E-state index in [0.29, 0.717) is 5.92 Å². The minimum atomic E-state index is 0.636. The van der Waals surface area contributed by atoms with E-state index in [9.17, 15) is 0 Å².